The SMILES string of the molecule is c1ccc(-c2ccc(-c3ccc4c(-c5ccnc(-c6cocn6)c5)c5ccccc5c(-c5ccnc(-c6cocn6)c5)c4c3)cc2)cc1. The van der Waals surface area contributed by atoms with Crippen LogP contribution in [0.25, 0.3) is 88.8 Å². The second kappa shape index (κ2) is 11.6. The van der Waals surface area contributed by atoms with Crippen LogP contribution in [0.15, 0.2) is 168 Å². The summed E-state index contributed by atoms with van der Waals surface area (Å²) in [5.41, 5.74) is 11.9. The van der Waals surface area contributed by atoms with Crippen LogP contribution in [-0.4, -0.2) is 19.9 Å². The summed E-state index contributed by atoms with van der Waals surface area (Å²) in [5.74, 6) is 0. The largest absolute Gasteiger partial charge is 0.451 e. The van der Waals surface area contributed by atoms with Gasteiger partial charge in [0.1, 0.15) is 23.9 Å². The molecule has 0 aliphatic heterocycles. The van der Waals surface area contributed by atoms with E-state index >= 15 is 0 Å². The summed E-state index contributed by atoms with van der Waals surface area (Å²) in [4.78, 5) is 17.9. The zero-order chi connectivity index (χ0) is 31.9. The number of pyridine rings is 2. The van der Waals surface area contributed by atoms with E-state index in [1.807, 2.05) is 18.5 Å². The van der Waals surface area contributed by atoms with Crippen molar-refractivity contribution in [1.82, 2.24) is 19.9 Å². The van der Waals surface area contributed by atoms with Crippen molar-refractivity contribution in [3.05, 3.63) is 159 Å². The first-order chi connectivity index (χ1) is 23.8. The minimum absolute atomic E-state index is 0.693. The molecule has 0 amide bonds. The summed E-state index contributed by atoms with van der Waals surface area (Å²) in [7, 11) is 0. The zero-order valence-electron chi connectivity index (χ0n) is 25.6. The summed E-state index contributed by atoms with van der Waals surface area (Å²) >= 11 is 0. The van der Waals surface area contributed by atoms with Crippen LogP contribution in [0.2, 0.25) is 0 Å². The van der Waals surface area contributed by atoms with Crippen LogP contribution >= 0.6 is 0 Å². The van der Waals surface area contributed by atoms with Gasteiger partial charge in [0, 0.05) is 12.4 Å². The number of hydrogen-bond donors (Lipinski definition) is 0. The number of fused-ring (bicyclic) bond motifs is 2. The molecule has 0 aliphatic carbocycles. The molecule has 4 aromatic heterocycles. The van der Waals surface area contributed by atoms with Crippen molar-refractivity contribution in [3.63, 3.8) is 0 Å². The van der Waals surface area contributed by atoms with E-state index in [1.54, 1.807) is 12.5 Å². The fourth-order valence-electron chi connectivity index (χ4n) is 6.60. The molecule has 0 fully saturated rings. The minimum Gasteiger partial charge on any atom is -0.451 e. The first-order valence-corrected chi connectivity index (χ1v) is 15.6. The third kappa shape index (κ3) is 4.84. The van der Waals surface area contributed by atoms with E-state index < -0.39 is 0 Å². The van der Waals surface area contributed by atoms with Crippen molar-refractivity contribution >= 4 is 21.5 Å². The number of aromatic nitrogens is 4. The van der Waals surface area contributed by atoms with Gasteiger partial charge in [-0.3, -0.25) is 9.97 Å². The first kappa shape index (κ1) is 27.6. The van der Waals surface area contributed by atoms with Crippen LogP contribution in [0.1, 0.15) is 0 Å². The molecule has 5 aromatic carbocycles. The van der Waals surface area contributed by atoms with Gasteiger partial charge < -0.3 is 8.83 Å². The zero-order valence-corrected chi connectivity index (χ0v) is 25.6. The van der Waals surface area contributed by atoms with E-state index in [9.17, 15) is 0 Å². The fourth-order valence-corrected chi connectivity index (χ4v) is 6.60. The van der Waals surface area contributed by atoms with Gasteiger partial charge in [0.05, 0.1) is 11.4 Å². The molecule has 226 valence electrons. The standard InChI is InChI=1S/C42H26N4O2/c1-2-6-27(7-3-1)28-10-12-29(13-11-28)30-14-15-35-36(20-30)42(32-17-19-44-38(22-32)40-24-48-26-46-40)34-9-5-4-8-33(34)41(35)31-16-18-43-37(21-31)39-23-47-25-45-39/h1-26H. The van der Waals surface area contributed by atoms with E-state index in [0.29, 0.717) is 11.4 Å². The summed E-state index contributed by atoms with van der Waals surface area (Å²) in [6.07, 6.45) is 9.78. The highest BCUT2D eigenvalue weighted by Crippen LogP contribution is 2.45. The molecule has 0 atom stereocenters. The Kier molecular flexibility index (Phi) is 6.68. The highest BCUT2D eigenvalue weighted by Gasteiger charge is 2.19. The van der Waals surface area contributed by atoms with Gasteiger partial charge in [-0.1, -0.05) is 91.0 Å². The Balaban J connectivity index is 1.30. The lowest BCUT2D eigenvalue weighted by atomic mass is 9.85. The molecule has 6 heteroatoms. The molecule has 9 rings (SSSR count). The minimum atomic E-state index is 0.693. The van der Waals surface area contributed by atoms with Crippen molar-refractivity contribution in [2.45, 2.75) is 0 Å². The summed E-state index contributed by atoms with van der Waals surface area (Å²) in [6.45, 7) is 0. The predicted octanol–water partition coefficient (Wildman–Crippen LogP) is 10.8. The molecule has 0 radical (unpaired) electrons. The van der Waals surface area contributed by atoms with Crippen molar-refractivity contribution < 1.29 is 8.83 Å². The smallest absolute Gasteiger partial charge is 0.181 e. The molecule has 6 nitrogen and oxygen atoms in total. The van der Waals surface area contributed by atoms with Crippen LogP contribution in [0.3, 0.4) is 0 Å². The maximum absolute atomic E-state index is 5.29. The molecule has 4 heterocycles. The van der Waals surface area contributed by atoms with E-state index in [1.165, 1.54) is 23.9 Å². The Morgan fingerprint density at radius 1 is 0.333 bits per heavy atom. The number of oxazole rings is 2. The molecule has 0 N–H and O–H groups in total. The Bertz CT molecular complexity index is 2540. The third-order valence-corrected chi connectivity index (χ3v) is 8.84. The predicted molar refractivity (Wildman–Crippen MR) is 190 cm³/mol. The highest BCUT2D eigenvalue weighted by molar-refractivity contribution is 6.22. The van der Waals surface area contributed by atoms with E-state index in [4.69, 9.17) is 8.83 Å². The molecule has 0 saturated carbocycles. The van der Waals surface area contributed by atoms with Crippen LogP contribution in [0.4, 0.5) is 0 Å². The summed E-state index contributed by atoms with van der Waals surface area (Å²) in [5, 5.41) is 4.53. The molecule has 0 spiro atoms. The molecule has 0 bridgehead atoms. The normalized spacial score (nSPS) is 11.3. The van der Waals surface area contributed by atoms with Crippen LogP contribution in [0.5, 0.6) is 0 Å². The second-order valence-electron chi connectivity index (χ2n) is 11.6. The lowest BCUT2D eigenvalue weighted by Crippen LogP contribution is -1.94. The number of rotatable bonds is 6. The van der Waals surface area contributed by atoms with Gasteiger partial charge >= 0.3 is 0 Å². The maximum atomic E-state index is 5.29. The molecule has 48 heavy (non-hydrogen) atoms. The Hall–Kier alpha value is -6.66. The van der Waals surface area contributed by atoms with E-state index in [2.05, 4.69) is 135 Å². The van der Waals surface area contributed by atoms with Crippen LogP contribution < -0.4 is 0 Å². The van der Waals surface area contributed by atoms with Crippen molar-refractivity contribution in [2.24, 2.45) is 0 Å². The van der Waals surface area contributed by atoms with E-state index in [-0.39, 0.29) is 0 Å². The molecule has 0 aliphatic rings. The van der Waals surface area contributed by atoms with E-state index in [0.717, 1.165) is 66.3 Å². The average molecular weight is 619 g/mol. The van der Waals surface area contributed by atoms with Crippen LogP contribution in [0, 0.1) is 0 Å². The molecule has 0 saturated heterocycles. The van der Waals surface area contributed by atoms with Gasteiger partial charge in [-0.05, 0) is 96.4 Å². The Morgan fingerprint density at radius 3 is 1.38 bits per heavy atom. The maximum Gasteiger partial charge on any atom is 0.181 e. The van der Waals surface area contributed by atoms with Gasteiger partial charge in [0.25, 0.3) is 0 Å². The number of benzene rings is 5. The molecule has 9 aromatic rings. The summed E-state index contributed by atoms with van der Waals surface area (Å²) < 4.78 is 10.6. The third-order valence-electron chi connectivity index (χ3n) is 8.84. The lowest BCUT2D eigenvalue weighted by molar-refractivity contribution is 0.558. The average Bonchev–Trinajstić information content (AvgIpc) is 3.90. The fraction of sp³-hybridized carbons (Fsp3) is 0. The number of nitrogens with zero attached hydrogens (tertiary/aromatic N) is 4. The summed E-state index contributed by atoms with van der Waals surface area (Å²) in [6, 6.07) is 42.9. The van der Waals surface area contributed by atoms with Crippen LogP contribution in [-0.2, 0) is 0 Å². The lowest BCUT2D eigenvalue weighted by Gasteiger charge is -2.19. The molecule has 0 unspecified atom stereocenters. The number of hydrogen-bond acceptors (Lipinski definition) is 6. The second-order valence-corrected chi connectivity index (χ2v) is 11.6. The van der Waals surface area contributed by atoms with Crippen molar-refractivity contribution in [2.75, 3.05) is 0 Å². The van der Waals surface area contributed by atoms with Gasteiger partial charge in [-0.2, -0.15) is 0 Å². The van der Waals surface area contributed by atoms with Gasteiger partial charge in [-0.25, -0.2) is 9.97 Å². The van der Waals surface area contributed by atoms with Crippen molar-refractivity contribution in [3.8, 4) is 67.3 Å². The van der Waals surface area contributed by atoms with Gasteiger partial charge in [0.15, 0.2) is 12.8 Å². The first-order valence-electron chi connectivity index (χ1n) is 15.6. The Morgan fingerprint density at radius 2 is 0.812 bits per heavy atom. The highest BCUT2D eigenvalue weighted by atomic mass is 16.3. The van der Waals surface area contributed by atoms with Gasteiger partial charge in [0.2, 0.25) is 0 Å². The topological polar surface area (TPSA) is 77.8 Å². The van der Waals surface area contributed by atoms with Gasteiger partial charge in [-0.15, -0.1) is 0 Å². The Labute approximate surface area is 276 Å². The quantitative estimate of drug-likeness (QED) is 0.173. The van der Waals surface area contributed by atoms with Crippen molar-refractivity contribution in [1.29, 1.82) is 0 Å². The molecular formula is C42H26N4O2. The monoisotopic (exact) mass is 618 g/mol. The molecular weight excluding hydrogens is 592 g/mol.